The first kappa shape index (κ1) is 17.3. The number of rotatable bonds is 3. The van der Waals surface area contributed by atoms with Crippen molar-refractivity contribution in [3.63, 3.8) is 0 Å². The number of phenolic OH excluding ortho intramolecular Hbond substituents is 1. The van der Waals surface area contributed by atoms with E-state index in [0.29, 0.717) is 15.7 Å². The van der Waals surface area contributed by atoms with E-state index in [9.17, 15) is 9.90 Å². The second kappa shape index (κ2) is 7.97. The summed E-state index contributed by atoms with van der Waals surface area (Å²) >= 11 is 16.8. The van der Waals surface area contributed by atoms with Gasteiger partial charge in [0.2, 0.25) is 5.91 Å². The number of hydrogen-bond donors (Lipinski definition) is 3. The second-order valence-electron chi connectivity index (χ2n) is 4.46. The molecule has 0 aromatic heterocycles. The van der Waals surface area contributed by atoms with E-state index in [1.807, 2.05) is 6.07 Å². The minimum atomic E-state index is -0.427. The van der Waals surface area contributed by atoms with E-state index in [2.05, 4.69) is 10.6 Å². The zero-order valence-electron chi connectivity index (χ0n) is 11.7. The minimum Gasteiger partial charge on any atom is -0.506 e. The second-order valence-corrected chi connectivity index (χ2v) is 5.71. The molecular weight excluding hydrogens is 355 g/mol. The van der Waals surface area contributed by atoms with Crippen LogP contribution in [0, 0.1) is 0 Å². The Balaban J connectivity index is 1.96. The van der Waals surface area contributed by atoms with Crippen molar-refractivity contribution >= 4 is 58.2 Å². The van der Waals surface area contributed by atoms with Crippen LogP contribution in [0.3, 0.4) is 0 Å². The van der Waals surface area contributed by atoms with Crippen molar-refractivity contribution < 1.29 is 9.90 Å². The Labute approximate surface area is 148 Å². The van der Waals surface area contributed by atoms with Crippen LogP contribution in [0.2, 0.25) is 10.0 Å². The van der Waals surface area contributed by atoms with Gasteiger partial charge in [-0.15, -0.1) is 0 Å². The van der Waals surface area contributed by atoms with Gasteiger partial charge in [0.25, 0.3) is 0 Å². The Morgan fingerprint density at radius 1 is 1.17 bits per heavy atom. The summed E-state index contributed by atoms with van der Waals surface area (Å²) in [6.45, 7) is 0. The van der Waals surface area contributed by atoms with Crippen molar-refractivity contribution in [1.82, 2.24) is 5.32 Å². The highest BCUT2D eigenvalue weighted by Crippen LogP contribution is 2.26. The Hall–Kier alpha value is -2.08. The molecule has 0 unspecified atom stereocenters. The molecule has 0 aliphatic heterocycles. The fourth-order valence-electron chi connectivity index (χ4n) is 1.69. The van der Waals surface area contributed by atoms with Gasteiger partial charge in [-0.1, -0.05) is 41.4 Å². The molecule has 0 radical (unpaired) electrons. The highest BCUT2D eigenvalue weighted by atomic mass is 35.5. The van der Waals surface area contributed by atoms with Gasteiger partial charge < -0.3 is 10.4 Å². The molecule has 2 aromatic rings. The van der Waals surface area contributed by atoms with Gasteiger partial charge in [0.05, 0.1) is 5.69 Å². The average molecular weight is 367 g/mol. The molecule has 3 N–H and O–H groups in total. The van der Waals surface area contributed by atoms with Crippen LogP contribution < -0.4 is 10.6 Å². The summed E-state index contributed by atoms with van der Waals surface area (Å²) in [5.41, 5.74) is 1.02. The first-order valence-corrected chi connectivity index (χ1v) is 7.65. The molecule has 4 nitrogen and oxygen atoms in total. The van der Waals surface area contributed by atoms with Crippen molar-refractivity contribution in [2.75, 3.05) is 5.32 Å². The maximum absolute atomic E-state index is 11.8. The molecular formula is C16H12Cl2N2O2S. The van der Waals surface area contributed by atoms with E-state index >= 15 is 0 Å². The lowest BCUT2D eigenvalue weighted by Crippen LogP contribution is -2.32. The van der Waals surface area contributed by atoms with Gasteiger partial charge in [0.1, 0.15) is 5.75 Å². The van der Waals surface area contributed by atoms with E-state index < -0.39 is 5.91 Å². The molecule has 2 aromatic carbocycles. The molecule has 1 amide bonds. The maximum Gasteiger partial charge on any atom is 0.250 e. The lowest BCUT2D eigenvalue weighted by Gasteiger charge is -2.10. The summed E-state index contributed by atoms with van der Waals surface area (Å²) in [6, 6.07) is 11.6. The van der Waals surface area contributed by atoms with Gasteiger partial charge in [0, 0.05) is 16.1 Å². The summed E-state index contributed by atoms with van der Waals surface area (Å²) in [6.07, 6.45) is 2.89. The summed E-state index contributed by atoms with van der Waals surface area (Å²) in [5, 5.41) is 15.8. The smallest absolute Gasteiger partial charge is 0.250 e. The molecule has 23 heavy (non-hydrogen) atoms. The molecule has 0 aliphatic carbocycles. The highest BCUT2D eigenvalue weighted by Gasteiger charge is 2.06. The number of aromatic hydroxyl groups is 1. The Morgan fingerprint density at radius 2 is 1.91 bits per heavy atom. The third kappa shape index (κ3) is 5.25. The number of hydrogen-bond acceptors (Lipinski definition) is 3. The van der Waals surface area contributed by atoms with Crippen molar-refractivity contribution in [2.24, 2.45) is 0 Å². The fraction of sp³-hybridized carbons (Fsp3) is 0. The Bertz CT molecular complexity index is 778. The molecule has 2 rings (SSSR count). The molecule has 0 saturated heterocycles. The van der Waals surface area contributed by atoms with E-state index in [1.54, 1.807) is 24.3 Å². The van der Waals surface area contributed by atoms with Gasteiger partial charge in [-0.25, -0.2) is 0 Å². The summed E-state index contributed by atoms with van der Waals surface area (Å²) in [7, 11) is 0. The molecule has 0 fully saturated rings. The van der Waals surface area contributed by atoms with Crippen LogP contribution in [0.4, 0.5) is 5.69 Å². The number of benzene rings is 2. The molecule has 7 heteroatoms. The van der Waals surface area contributed by atoms with E-state index in [1.165, 1.54) is 24.3 Å². The molecule has 0 atom stereocenters. The first-order valence-electron chi connectivity index (χ1n) is 6.49. The monoisotopic (exact) mass is 366 g/mol. The number of thiocarbonyl (C=S) groups is 1. The van der Waals surface area contributed by atoms with Gasteiger partial charge in [-0.2, -0.15) is 0 Å². The van der Waals surface area contributed by atoms with Crippen LogP contribution in [-0.2, 0) is 4.79 Å². The molecule has 0 aliphatic rings. The topological polar surface area (TPSA) is 61.4 Å². The number of halogens is 2. The number of phenols is 1. The van der Waals surface area contributed by atoms with E-state index in [-0.39, 0.29) is 10.9 Å². The maximum atomic E-state index is 11.8. The molecule has 0 saturated carbocycles. The quantitative estimate of drug-likeness (QED) is 0.432. The third-order valence-electron chi connectivity index (χ3n) is 2.76. The van der Waals surface area contributed by atoms with Crippen molar-refractivity contribution in [3.05, 3.63) is 64.1 Å². The zero-order valence-corrected chi connectivity index (χ0v) is 14.0. The largest absolute Gasteiger partial charge is 0.506 e. The Morgan fingerprint density at radius 3 is 2.65 bits per heavy atom. The van der Waals surface area contributed by atoms with Crippen LogP contribution >= 0.6 is 35.4 Å². The lowest BCUT2D eigenvalue weighted by atomic mass is 10.2. The summed E-state index contributed by atoms with van der Waals surface area (Å²) < 4.78 is 0. The van der Waals surface area contributed by atoms with Gasteiger partial charge in [0.15, 0.2) is 5.11 Å². The predicted molar refractivity (Wildman–Crippen MR) is 98.0 cm³/mol. The standard InChI is InChI=1S/C16H12Cl2N2O2S/c17-11-6-7-14(21)13(9-11)19-16(23)20-15(22)8-5-10-3-1-2-4-12(10)18/h1-9,21H,(H2,19,20,22,23). The van der Waals surface area contributed by atoms with Gasteiger partial charge >= 0.3 is 0 Å². The van der Waals surface area contributed by atoms with Crippen LogP contribution in [0.5, 0.6) is 5.75 Å². The lowest BCUT2D eigenvalue weighted by molar-refractivity contribution is -0.115. The molecule has 0 spiro atoms. The Kier molecular flexibility index (Phi) is 5.98. The predicted octanol–water partition coefficient (Wildman–Crippen LogP) is 4.23. The zero-order chi connectivity index (χ0) is 16.8. The van der Waals surface area contributed by atoms with Gasteiger partial charge in [-0.05, 0) is 48.1 Å². The fourth-order valence-corrected chi connectivity index (χ4v) is 2.27. The van der Waals surface area contributed by atoms with Gasteiger partial charge in [-0.3, -0.25) is 10.1 Å². The summed E-state index contributed by atoms with van der Waals surface area (Å²) in [5.74, 6) is -0.457. The number of anilines is 1. The van der Waals surface area contributed by atoms with Crippen LogP contribution in [-0.4, -0.2) is 16.1 Å². The molecule has 118 valence electrons. The molecule has 0 heterocycles. The number of carbonyl (C=O) groups excluding carboxylic acids is 1. The molecule has 0 bridgehead atoms. The number of carbonyl (C=O) groups is 1. The summed E-state index contributed by atoms with van der Waals surface area (Å²) in [4.78, 5) is 11.8. The SMILES string of the molecule is O=C(C=Cc1ccccc1Cl)NC(=S)Nc1cc(Cl)ccc1O. The number of nitrogens with one attached hydrogen (secondary N) is 2. The normalized spacial score (nSPS) is 10.5. The number of amides is 1. The van der Waals surface area contributed by atoms with Crippen molar-refractivity contribution in [3.8, 4) is 5.75 Å². The highest BCUT2D eigenvalue weighted by molar-refractivity contribution is 7.80. The van der Waals surface area contributed by atoms with Crippen molar-refractivity contribution in [1.29, 1.82) is 0 Å². The van der Waals surface area contributed by atoms with Crippen LogP contribution in [0.25, 0.3) is 6.08 Å². The van der Waals surface area contributed by atoms with Crippen LogP contribution in [0.15, 0.2) is 48.5 Å². The third-order valence-corrected chi connectivity index (χ3v) is 3.55. The average Bonchev–Trinajstić information content (AvgIpc) is 2.50. The van der Waals surface area contributed by atoms with Crippen molar-refractivity contribution in [2.45, 2.75) is 0 Å². The van der Waals surface area contributed by atoms with E-state index in [0.717, 1.165) is 5.56 Å². The minimum absolute atomic E-state index is 0.0300. The van der Waals surface area contributed by atoms with Crippen LogP contribution in [0.1, 0.15) is 5.56 Å². The van der Waals surface area contributed by atoms with E-state index in [4.69, 9.17) is 35.4 Å². The first-order chi connectivity index (χ1) is 11.0.